The Balaban J connectivity index is 1.95. The van der Waals surface area contributed by atoms with Crippen molar-refractivity contribution in [1.82, 2.24) is 0 Å². The molecule has 0 N–H and O–H groups in total. The Morgan fingerprint density at radius 2 is 2.06 bits per heavy atom. The van der Waals surface area contributed by atoms with Crippen molar-refractivity contribution in [1.29, 1.82) is 0 Å². The fraction of sp³-hybridized carbons (Fsp3) is 0.333. The molecule has 1 aliphatic heterocycles. The van der Waals surface area contributed by atoms with Crippen molar-refractivity contribution >= 4 is 19.7 Å². The molecule has 1 heterocycles. The molecule has 0 aromatic heterocycles. The van der Waals surface area contributed by atoms with Crippen molar-refractivity contribution in [2.24, 2.45) is 0 Å². The third kappa shape index (κ3) is 2.93. The molecule has 1 aliphatic rings. The Morgan fingerprint density at radius 3 is 2.81 bits per heavy atom. The van der Waals surface area contributed by atoms with Crippen LogP contribution in [0.2, 0.25) is 0 Å². The van der Waals surface area contributed by atoms with Gasteiger partial charge in [-0.2, -0.15) is 0 Å². The lowest BCUT2D eigenvalue weighted by molar-refractivity contribution is 0.174. The quantitative estimate of drug-likeness (QED) is 0.769. The van der Waals surface area contributed by atoms with E-state index < -0.39 is 9.05 Å². The summed E-state index contributed by atoms with van der Waals surface area (Å²) in [6.07, 6.45) is 0. The van der Waals surface area contributed by atoms with E-state index >= 15 is 0 Å². The summed E-state index contributed by atoms with van der Waals surface area (Å²) >= 11 is 0. The zero-order valence-electron chi connectivity index (χ0n) is 8.18. The normalized spacial score (nSPS) is 13.8. The SMILES string of the molecule is O=S(=O)(Cl)CCOc1ccc2c(c1)OCO2. The second-order valence-corrected chi connectivity index (χ2v) is 6.00. The lowest BCUT2D eigenvalue weighted by Crippen LogP contribution is -2.08. The molecule has 1 aromatic rings. The summed E-state index contributed by atoms with van der Waals surface area (Å²) < 4.78 is 36.8. The second kappa shape index (κ2) is 4.39. The van der Waals surface area contributed by atoms with Crippen LogP contribution in [0.4, 0.5) is 0 Å². The summed E-state index contributed by atoms with van der Waals surface area (Å²) in [4.78, 5) is 0. The van der Waals surface area contributed by atoms with Crippen molar-refractivity contribution < 1.29 is 22.6 Å². The third-order valence-corrected chi connectivity index (χ3v) is 3.06. The predicted molar refractivity (Wildman–Crippen MR) is 57.7 cm³/mol. The first-order valence-electron chi connectivity index (χ1n) is 4.49. The molecule has 88 valence electrons. The molecule has 0 fully saturated rings. The highest BCUT2D eigenvalue weighted by Gasteiger charge is 2.14. The summed E-state index contributed by atoms with van der Waals surface area (Å²) in [5.74, 6) is 1.52. The molecule has 0 spiro atoms. The van der Waals surface area contributed by atoms with E-state index in [0.29, 0.717) is 17.2 Å². The van der Waals surface area contributed by atoms with Crippen LogP contribution in [0.5, 0.6) is 17.2 Å². The van der Waals surface area contributed by atoms with Gasteiger partial charge in [-0.25, -0.2) is 8.42 Å². The average molecular weight is 265 g/mol. The maximum Gasteiger partial charge on any atom is 0.235 e. The smallest absolute Gasteiger partial charge is 0.235 e. The van der Waals surface area contributed by atoms with E-state index in [-0.39, 0.29) is 19.2 Å². The Kier molecular flexibility index (Phi) is 3.11. The fourth-order valence-corrected chi connectivity index (χ4v) is 1.70. The number of ether oxygens (including phenoxy) is 3. The van der Waals surface area contributed by atoms with Gasteiger partial charge in [-0.1, -0.05) is 0 Å². The molecule has 0 amide bonds. The van der Waals surface area contributed by atoms with Gasteiger partial charge in [0.05, 0.1) is 5.75 Å². The lowest BCUT2D eigenvalue weighted by Gasteiger charge is -2.05. The first-order valence-corrected chi connectivity index (χ1v) is 6.97. The Bertz CT molecular complexity index is 485. The minimum atomic E-state index is -3.51. The van der Waals surface area contributed by atoms with Gasteiger partial charge in [0, 0.05) is 16.7 Å². The standard InChI is InChI=1S/C9H9ClO5S/c10-16(11,12)4-3-13-7-1-2-8-9(5-7)15-6-14-8/h1-2,5H,3-4,6H2. The molecule has 5 nitrogen and oxygen atoms in total. The van der Waals surface area contributed by atoms with Gasteiger partial charge in [-0.15, -0.1) is 0 Å². The molecule has 0 bridgehead atoms. The van der Waals surface area contributed by atoms with E-state index in [1.807, 2.05) is 0 Å². The van der Waals surface area contributed by atoms with Crippen LogP contribution in [0.15, 0.2) is 18.2 Å². The molecule has 16 heavy (non-hydrogen) atoms. The van der Waals surface area contributed by atoms with Crippen LogP contribution in [-0.4, -0.2) is 27.6 Å². The van der Waals surface area contributed by atoms with Gasteiger partial charge < -0.3 is 14.2 Å². The largest absolute Gasteiger partial charge is 0.492 e. The molecular weight excluding hydrogens is 256 g/mol. The first kappa shape index (κ1) is 11.3. The maximum atomic E-state index is 10.6. The summed E-state index contributed by atoms with van der Waals surface area (Å²) in [5.41, 5.74) is 0. The number of halogens is 1. The van der Waals surface area contributed by atoms with E-state index in [0.717, 1.165) is 0 Å². The molecule has 0 saturated carbocycles. The van der Waals surface area contributed by atoms with Gasteiger partial charge in [0.2, 0.25) is 15.8 Å². The molecular formula is C9H9ClO5S. The van der Waals surface area contributed by atoms with E-state index in [2.05, 4.69) is 0 Å². The van der Waals surface area contributed by atoms with Crippen LogP contribution < -0.4 is 14.2 Å². The summed E-state index contributed by atoms with van der Waals surface area (Å²) in [5, 5.41) is 0. The highest BCUT2D eigenvalue weighted by Crippen LogP contribution is 2.34. The van der Waals surface area contributed by atoms with E-state index in [4.69, 9.17) is 24.9 Å². The molecule has 2 rings (SSSR count). The molecule has 0 aliphatic carbocycles. The van der Waals surface area contributed by atoms with Gasteiger partial charge in [0.1, 0.15) is 12.4 Å². The minimum absolute atomic E-state index is 0.00543. The fourth-order valence-electron chi connectivity index (χ4n) is 1.23. The van der Waals surface area contributed by atoms with Crippen molar-refractivity contribution in [2.75, 3.05) is 19.2 Å². The van der Waals surface area contributed by atoms with Gasteiger partial charge in [-0.3, -0.25) is 0 Å². The zero-order valence-corrected chi connectivity index (χ0v) is 9.75. The number of hydrogen-bond donors (Lipinski definition) is 0. The number of rotatable bonds is 4. The number of benzene rings is 1. The predicted octanol–water partition coefficient (Wildman–Crippen LogP) is 1.36. The van der Waals surface area contributed by atoms with Crippen LogP contribution in [0.25, 0.3) is 0 Å². The minimum Gasteiger partial charge on any atom is -0.492 e. The monoisotopic (exact) mass is 264 g/mol. The number of hydrogen-bond acceptors (Lipinski definition) is 5. The van der Waals surface area contributed by atoms with Gasteiger partial charge in [0.15, 0.2) is 11.5 Å². The van der Waals surface area contributed by atoms with Crippen LogP contribution in [0.1, 0.15) is 0 Å². The third-order valence-electron chi connectivity index (χ3n) is 1.94. The molecule has 0 saturated heterocycles. The Labute approximate surface area is 97.3 Å². The first-order chi connectivity index (χ1) is 7.54. The Morgan fingerprint density at radius 1 is 1.31 bits per heavy atom. The maximum absolute atomic E-state index is 10.6. The highest BCUT2D eigenvalue weighted by molar-refractivity contribution is 8.13. The second-order valence-electron chi connectivity index (χ2n) is 3.11. The van der Waals surface area contributed by atoms with Crippen LogP contribution in [0, 0.1) is 0 Å². The van der Waals surface area contributed by atoms with Gasteiger partial charge in [0.25, 0.3) is 0 Å². The number of fused-ring (bicyclic) bond motifs is 1. The van der Waals surface area contributed by atoms with Crippen molar-refractivity contribution in [3.63, 3.8) is 0 Å². The molecule has 7 heteroatoms. The van der Waals surface area contributed by atoms with Crippen molar-refractivity contribution in [3.8, 4) is 17.2 Å². The van der Waals surface area contributed by atoms with E-state index in [1.165, 1.54) is 0 Å². The average Bonchev–Trinajstić information content (AvgIpc) is 2.62. The van der Waals surface area contributed by atoms with Gasteiger partial charge >= 0.3 is 0 Å². The Hall–Kier alpha value is -1.14. The summed E-state index contributed by atoms with van der Waals surface area (Å²) in [6.45, 7) is 0.195. The van der Waals surface area contributed by atoms with E-state index in [9.17, 15) is 8.42 Å². The van der Waals surface area contributed by atoms with Crippen LogP contribution in [-0.2, 0) is 9.05 Å². The highest BCUT2D eigenvalue weighted by atomic mass is 35.7. The topological polar surface area (TPSA) is 61.8 Å². The molecule has 0 radical (unpaired) electrons. The molecule has 0 atom stereocenters. The van der Waals surface area contributed by atoms with Crippen LogP contribution >= 0.6 is 10.7 Å². The molecule has 1 aromatic carbocycles. The zero-order chi connectivity index (χ0) is 11.6. The van der Waals surface area contributed by atoms with E-state index in [1.54, 1.807) is 18.2 Å². The van der Waals surface area contributed by atoms with Gasteiger partial charge in [-0.05, 0) is 12.1 Å². The van der Waals surface area contributed by atoms with Crippen molar-refractivity contribution in [2.45, 2.75) is 0 Å². The molecule has 0 unspecified atom stereocenters. The van der Waals surface area contributed by atoms with Crippen molar-refractivity contribution in [3.05, 3.63) is 18.2 Å². The summed E-state index contributed by atoms with van der Waals surface area (Å²) in [6, 6.07) is 5.02. The lowest BCUT2D eigenvalue weighted by atomic mass is 10.3. The van der Waals surface area contributed by atoms with Crippen LogP contribution in [0.3, 0.4) is 0 Å². The summed E-state index contributed by atoms with van der Waals surface area (Å²) in [7, 11) is 1.53.